The number of hydrogen-bond acceptors (Lipinski definition) is 1. The summed E-state index contributed by atoms with van der Waals surface area (Å²) in [5, 5.41) is -0.620. The topological polar surface area (TPSA) is 17.1 Å². The molecule has 0 bridgehead atoms. The molecule has 0 aliphatic carbocycles. The van der Waals surface area contributed by atoms with Crippen LogP contribution in [0, 0.1) is 6.58 Å². The Labute approximate surface area is 41.6 Å². The predicted octanol–water partition coefficient (Wildman–Crippen LogP) is 0.782. The summed E-state index contributed by atoms with van der Waals surface area (Å²) in [5.41, 5.74) is 0. The van der Waals surface area contributed by atoms with Crippen LogP contribution in [0.1, 0.15) is 0 Å². The molecular weight excluding hydrogens is 99.5 g/mol. The Balaban J connectivity index is 3.21. The van der Waals surface area contributed by atoms with Crippen LogP contribution in [0.15, 0.2) is 6.08 Å². The lowest BCUT2D eigenvalue weighted by molar-refractivity contribution is -0.106. The number of carbonyl (C=O) groups is 1. The lowest BCUT2D eigenvalue weighted by Gasteiger charge is -1.80. The van der Waals surface area contributed by atoms with Gasteiger partial charge in [-0.05, 0) is 0 Å². The number of aldehydes is 1. The van der Waals surface area contributed by atoms with Crippen molar-refractivity contribution >= 4 is 17.9 Å². The number of rotatable bonds is 2. The molecule has 0 aromatic heterocycles. The first kappa shape index (κ1) is 5.70. The Morgan fingerprint density at radius 1 is 1.83 bits per heavy atom. The summed E-state index contributed by atoms with van der Waals surface area (Å²) in [6.45, 7) is 4.79. The highest BCUT2D eigenvalue weighted by molar-refractivity contribution is 6.28. The van der Waals surface area contributed by atoms with Crippen molar-refractivity contribution in [1.29, 1.82) is 0 Å². The van der Waals surface area contributed by atoms with E-state index in [1.807, 2.05) is 0 Å². The van der Waals surface area contributed by atoms with Gasteiger partial charge in [0.15, 0.2) is 0 Å². The van der Waals surface area contributed by atoms with Crippen LogP contribution in [0.2, 0.25) is 0 Å². The van der Waals surface area contributed by atoms with Crippen LogP contribution in [0.25, 0.3) is 0 Å². The average molecular weight is 104 g/mol. The first-order chi connectivity index (χ1) is 2.81. The van der Waals surface area contributed by atoms with Gasteiger partial charge in [0.2, 0.25) is 0 Å². The van der Waals surface area contributed by atoms with Crippen molar-refractivity contribution in [3.8, 4) is 0 Å². The van der Waals surface area contributed by atoms with E-state index in [0.717, 1.165) is 6.08 Å². The number of halogens is 1. The van der Waals surface area contributed by atoms with Crippen LogP contribution < -0.4 is 0 Å². The largest absolute Gasteiger partial charge is 0.301 e. The highest BCUT2D eigenvalue weighted by atomic mass is 35.5. The SMILES string of the molecule is [CH]=CC(Cl)C=O. The van der Waals surface area contributed by atoms with Gasteiger partial charge in [-0.1, -0.05) is 12.7 Å². The number of hydrogen-bond donors (Lipinski definition) is 0. The normalized spacial score (nSPS) is 12.8. The Bertz CT molecular complexity index is 52.6. The molecule has 0 fully saturated rings. The van der Waals surface area contributed by atoms with Crippen molar-refractivity contribution < 1.29 is 4.79 Å². The molecule has 0 aromatic rings. The van der Waals surface area contributed by atoms with Gasteiger partial charge < -0.3 is 4.79 Å². The lowest BCUT2D eigenvalue weighted by atomic mass is 10.5. The van der Waals surface area contributed by atoms with Gasteiger partial charge in [0.1, 0.15) is 11.7 Å². The molecular formula is C4H4ClO. The molecule has 0 amide bonds. The minimum absolute atomic E-state index is 0.557. The molecule has 1 radical (unpaired) electrons. The van der Waals surface area contributed by atoms with Gasteiger partial charge in [-0.2, -0.15) is 0 Å². The van der Waals surface area contributed by atoms with E-state index >= 15 is 0 Å². The predicted molar refractivity (Wildman–Crippen MR) is 24.6 cm³/mol. The minimum atomic E-state index is -0.620. The van der Waals surface area contributed by atoms with E-state index in [1.54, 1.807) is 0 Å². The molecule has 0 saturated carbocycles. The van der Waals surface area contributed by atoms with Gasteiger partial charge in [0.25, 0.3) is 0 Å². The first-order valence-corrected chi connectivity index (χ1v) is 1.89. The number of carbonyl (C=O) groups excluding carboxylic acids is 1. The first-order valence-electron chi connectivity index (χ1n) is 1.45. The lowest BCUT2D eigenvalue weighted by Crippen LogP contribution is -1.90. The summed E-state index contributed by atoms with van der Waals surface area (Å²) in [4.78, 5) is 9.49. The molecule has 0 spiro atoms. The van der Waals surface area contributed by atoms with Crippen LogP contribution in [0.3, 0.4) is 0 Å². The smallest absolute Gasteiger partial charge is 0.141 e. The summed E-state index contributed by atoms with van der Waals surface area (Å²) >= 11 is 5.10. The maximum absolute atomic E-state index is 9.49. The van der Waals surface area contributed by atoms with E-state index in [4.69, 9.17) is 18.2 Å². The Morgan fingerprint density at radius 3 is 2.33 bits per heavy atom. The van der Waals surface area contributed by atoms with Crippen molar-refractivity contribution in [3.05, 3.63) is 12.7 Å². The molecule has 1 atom stereocenters. The van der Waals surface area contributed by atoms with E-state index in [1.165, 1.54) is 0 Å². The summed E-state index contributed by atoms with van der Waals surface area (Å²) in [7, 11) is 0. The molecule has 0 saturated heterocycles. The maximum Gasteiger partial charge on any atom is 0.141 e. The van der Waals surface area contributed by atoms with E-state index in [0.29, 0.717) is 6.29 Å². The zero-order chi connectivity index (χ0) is 4.99. The number of alkyl halides is 1. The third-order valence-electron chi connectivity index (χ3n) is 0.314. The van der Waals surface area contributed by atoms with Crippen LogP contribution in [-0.4, -0.2) is 11.7 Å². The molecule has 0 N–H and O–H groups in total. The fourth-order valence-corrected chi connectivity index (χ4v) is 0.0454. The van der Waals surface area contributed by atoms with Gasteiger partial charge in [-0.15, -0.1) is 11.6 Å². The van der Waals surface area contributed by atoms with Crippen molar-refractivity contribution in [2.45, 2.75) is 5.38 Å². The van der Waals surface area contributed by atoms with Crippen molar-refractivity contribution in [2.75, 3.05) is 0 Å². The standard InChI is InChI=1S/C4H4ClO/c1-2-4(5)3-6/h1-4H. The second-order valence-corrected chi connectivity index (χ2v) is 1.28. The van der Waals surface area contributed by atoms with E-state index < -0.39 is 5.38 Å². The zero-order valence-electron chi connectivity index (χ0n) is 3.10. The van der Waals surface area contributed by atoms with Crippen molar-refractivity contribution in [2.24, 2.45) is 0 Å². The second kappa shape index (κ2) is 2.91. The molecule has 0 aliphatic heterocycles. The van der Waals surface area contributed by atoms with Crippen molar-refractivity contribution in [1.82, 2.24) is 0 Å². The summed E-state index contributed by atoms with van der Waals surface area (Å²) < 4.78 is 0. The van der Waals surface area contributed by atoms with E-state index in [2.05, 4.69) is 0 Å². The highest BCUT2D eigenvalue weighted by Crippen LogP contribution is 1.87. The molecule has 1 unspecified atom stereocenters. The van der Waals surface area contributed by atoms with E-state index in [-0.39, 0.29) is 0 Å². The Morgan fingerprint density at radius 2 is 2.33 bits per heavy atom. The van der Waals surface area contributed by atoms with Gasteiger partial charge in [0.05, 0.1) is 0 Å². The summed E-state index contributed by atoms with van der Waals surface area (Å²) in [6.07, 6.45) is 1.68. The van der Waals surface area contributed by atoms with Crippen LogP contribution >= 0.6 is 11.6 Å². The van der Waals surface area contributed by atoms with Gasteiger partial charge in [-0.3, -0.25) is 0 Å². The molecule has 0 heterocycles. The maximum atomic E-state index is 9.49. The average Bonchev–Trinajstić information content (AvgIpc) is 1.65. The fraction of sp³-hybridized carbons (Fsp3) is 0.250. The van der Waals surface area contributed by atoms with Crippen LogP contribution in [-0.2, 0) is 4.79 Å². The van der Waals surface area contributed by atoms with E-state index in [9.17, 15) is 4.79 Å². The van der Waals surface area contributed by atoms with Gasteiger partial charge in [0, 0.05) is 0 Å². The molecule has 33 valence electrons. The Kier molecular flexibility index (Phi) is 2.77. The van der Waals surface area contributed by atoms with Crippen molar-refractivity contribution in [3.63, 3.8) is 0 Å². The second-order valence-electron chi connectivity index (χ2n) is 0.773. The minimum Gasteiger partial charge on any atom is -0.301 e. The summed E-state index contributed by atoms with van der Waals surface area (Å²) in [5.74, 6) is 0. The van der Waals surface area contributed by atoms with Gasteiger partial charge >= 0.3 is 0 Å². The molecule has 1 nitrogen and oxygen atoms in total. The van der Waals surface area contributed by atoms with Crippen LogP contribution in [0.5, 0.6) is 0 Å². The monoisotopic (exact) mass is 103 g/mol. The molecule has 2 heteroatoms. The molecule has 0 aliphatic rings. The van der Waals surface area contributed by atoms with Crippen LogP contribution in [0.4, 0.5) is 0 Å². The Hall–Kier alpha value is -0.300. The van der Waals surface area contributed by atoms with Gasteiger partial charge in [-0.25, -0.2) is 0 Å². The third kappa shape index (κ3) is 1.97. The third-order valence-corrected chi connectivity index (χ3v) is 0.562. The quantitative estimate of drug-likeness (QED) is 0.373. The fourth-order valence-electron chi connectivity index (χ4n) is 0.0454. The molecule has 0 aromatic carbocycles. The number of allylic oxidation sites excluding steroid dienone is 1. The zero-order valence-corrected chi connectivity index (χ0v) is 3.85. The highest BCUT2D eigenvalue weighted by Gasteiger charge is 1.88. The molecule has 6 heavy (non-hydrogen) atoms. The molecule has 0 rings (SSSR count). The summed E-state index contributed by atoms with van der Waals surface area (Å²) in [6, 6.07) is 0.